The van der Waals surface area contributed by atoms with E-state index in [0.29, 0.717) is 29.0 Å². The van der Waals surface area contributed by atoms with E-state index in [1.54, 1.807) is 44.2 Å². The third-order valence-electron chi connectivity index (χ3n) is 4.61. The first-order valence-electron chi connectivity index (χ1n) is 8.21. The lowest BCUT2D eigenvalue weighted by atomic mass is 9.96. The fraction of sp³-hybridized carbons (Fsp3) is 0.250. The first-order chi connectivity index (χ1) is 12.2. The van der Waals surface area contributed by atoms with Crippen LogP contribution < -0.4 is 9.47 Å². The maximum absolute atomic E-state index is 12.7. The molecule has 2 heterocycles. The Balaban J connectivity index is 1.69. The third kappa shape index (κ3) is 2.73. The zero-order valence-electron chi connectivity index (χ0n) is 14.2. The number of allylic oxidation sites excluding steroid dienone is 1. The summed E-state index contributed by atoms with van der Waals surface area (Å²) in [5.74, 6) is 1.04. The Bertz CT molecular complexity index is 955. The Morgan fingerprint density at radius 2 is 2.04 bits per heavy atom. The van der Waals surface area contributed by atoms with Crippen molar-refractivity contribution in [2.24, 2.45) is 0 Å². The zero-order valence-corrected chi connectivity index (χ0v) is 15.0. The van der Waals surface area contributed by atoms with Crippen molar-refractivity contribution < 1.29 is 24.5 Å². The molecule has 0 saturated heterocycles. The van der Waals surface area contributed by atoms with Gasteiger partial charge >= 0.3 is 0 Å². The molecule has 2 aliphatic rings. The van der Waals surface area contributed by atoms with Gasteiger partial charge in [0.2, 0.25) is 5.78 Å². The SMILES string of the molecule is CC(C)(O)[C@H]1Cc2c(ccc3c2O/C(=C\c2ccc(O)c(Cl)c2)C3=O)O1. The second-order valence-electron chi connectivity index (χ2n) is 7.03. The largest absolute Gasteiger partial charge is 0.506 e. The van der Waals surface area contributed by atoms with Gasteiger partial charge in [0.15, 0.2) is 5.76 Å². The molecule has 2 N–H and O–H groups in total. The van der Waals surface area contributed by atoms with Crippen LogP contribution in [0.25, 0.3) is 6.08 Å². The Morgan fingerprint density at radius 1 is 1.27 bits per heavy atom. The normalized spacial score (nSPS) is 19.9. The van der Waals surface area contributed by atoms with E-state index in [1.807, 2.05) is 0 Å². The predicted octanol–water partition coefficient (Wildman–Crippen LogP) is 3.74. The molecule has 2 aliphatic heterocycles. The molecule has 4 rings (SSSR count). The average molecular weight is 373 g/mol. The highest BCUT2D eigenvalue weighted by molar-refractivity contribution is 6.32. The van der Waals surface area contributed by atoms with Crippen molar-refractivity contribution in [1.82, 2.24) is 0 Å². The summed E-state index contributed by atoms with van der Waals surface area (Å²) in [7, 11) is 0. The van der Waals surface area contributed by atoms with Gasteiger partial charge in [0.05, 0.1) is 16.2 Å². The first kappa shape index (κ1) is 16.9. The zero-order chi connectivity index (χ0) is 18.6. The standard InChI is InChI=1S/C20H17ClO5/c1-20(2,24)17-9-12-15(25-17)6-4-11-18(23)16(26-19(11)12)8-10-3-5-14(22)13(21)7-10/h3-8,17,22,24H,9H2,1-2H3/b16-8-/t17-/m1/s1. The lowest BCUT2D eigenvalue weighted by Gasteiger charge is -2.24. The highest BCUT2D eigenvalue weighted by Crippen LogP contribution is 2.45. The highest BCUT2D eigenvalue weighted by Gasteiger charge is 2.40. The van der Waals surface area contributed by atoms with Crippen LogP contribution in [0.15, 0.2) is 36.1 Å². The second kappa shape index (κ2) is 5.76. The smallest absolute Gasteiger partial charge is 0.231 e. The van der Waals surface area contributed by atoms with Crippen LogP contribution in [0.4, 0.5) is 0 Å². The minimum absolute atomic E-state index is 0.0246. The van der Waals surface area contributed by atoms with E-state index in [2.05, 4.69) is 0 Å². The first-order valence-corrected chi connectivity index (χ1v) is 8.59. The molecule has 0 spiro atoms. The Kier molecular flexibility index (Phi) is 3.75. The minimum atomic E-state index is -1.00. The Labute approximate surface area is 155 Å². The number of benzene rings is 2. The van der Waals surface area contributed by atoms with Crippen LogP contribution in [0, 0.1) is 0 Å². The van der Waals surface area contributed by atoms with Crippen molar-refractivity contribution in [3.8, 4) is 17.2 Å². The van der Waals surface area contributed by atoms with Gasteiger partial charge in [0, 0.05) is 12.0 Å². The van der Waals surface area contributed by atoms with Crippen LogP contribution >= 0.6 is 11.6 Å². The summed E-state index contributed by atoms with van der Waals surface area (Å²) in [5, 5.41) is 19.9. The van der Waals surface area contributed by atoms with E-state index >= 15 is 0 Å². The molecule has 134 valence electrons. The van der Waals surface area contributed by atoms with Crippen molar-refractivity contribution in [2.45, 2.75) is 32.0 Å². The van der Waals surface area contributed by atoms with Gasteiger partial charge in [-0.25, -0.2) is 0 Å². The van der Waals surface area contributed by atoms with E-state index in [4.69, 9.17) is 21.1 Å². The van der Waals surface area contributed by atoms with Gasteiger partial charge in [-0.3, -0.25) is 4.79 Å². The molecule has 2 aromatic carbocycles. The summed E-state index contributed by atoms with van der Waals surface area (Å²) in [4.78, 5) is 12.7. The van der Waals surface area contributed by atoms with E-state index in [-0.39, 0.29) is 22.3 Å². The average Bonchev–Trinajstić information content (AvgIpc) is 3.13. The number of ether oxygens (including phenoxy) is 2. The van der Waals surface area contributed by atoms with Crippen molar-refractivity contribution in [1.29, 1.82) is 0 Å². The maximum Gasteiger partial charge on any atom is 0.231 e. The van der Waals surface area contributed by atoms with Crippen LogP contribution in [0.1, 0.15) is 35.3 Å². The molecule has 0 unspecified atom stereocenters. The predicted molar refractivity (Wildman–Crippen MR) is 96.9 cm³/mol. The van der Waals surface area contributed by atoms with E-state index < -0.39 is 11.7 Å². The molecule has 0 aliphatic carbocycles. The minimum Gasteiger partial charge on any atom is -0.506 e. The number of carbonyl (C=O) groups excluding carboxylic acids is 1. The summed E-state index contributed by atoms with van der Waals surface area (Å²) in [6, 6.07) is 8.07. The second-order valence-corrected chi connectivity index (χ2v) is 7.44. The molecule has 0 radical (unpaired) electrons. The Hall–Kier alpha value is -2.50. The number of aromatic hydroxyl groups is 1. The fourth-order valence-corrected chi connectivity index (χ4v) is 3.32. The molecule has 5 nitrogen and oxygen atoms in total. The third-order valence-corrected chi connectivity index (χ3v) is 4.92. The van der Waals surface area contributed by atoms with Crippen LogP contribution in [-0.4, -0.2) is 27.7 Å². The summed E-state index contributed by atoms with van der Waals surface area (Å²) in [5.41, 5.74) is 0.900. The molecular formula is C20H17ClO5. The van der Waals surface area contributed by atoms with Gasteiger partial charge in [-0.15, -0.1) is 0 Å². The highest BCUT2D eigenvalue weighted by atomic mass is 35.5. The molecule has 0 fully saturated rings. The molecule has 0 bridgehead atoms. The molecule has 0 saturated carbocycles. The van der Waals surface area contributed by atoms with Crippen LogP contribution in [0.2, 0.25) is 5.02 Å². The lowest BCUT2D eigenvalue weighted by molar-refractivity contribution is -0.0229. The van der Waals surface area contributed by atoms with Gasteiger partial charge in [-0.1, -0.05) is 17.7 Å². The number of fused-ring (bicyclic) bond motifs is 3. The van der Waals surface area contributed by atoms with Crippen molar-refractivity contribution in [3.63, 3.8) is 0 Å². The number of carbonyl (C=O) groups is 1. The van der Waals surface area contributed by atoms with E-state index in [9.17, 15) is 15.0 Å². The maximum atomic E-state index is 12.7. The number of ketones is 1. The van der Waals surface area contributed by atoms with Crippen LogP contribution in [0.5, 0.6) is 17.2 Å². The number of rotatable bonds is 2. The molecule has 2 aromatic rings. The summed E-state index contributed by atoms with van der Waals surface area (Å²) < 4.78 is 11.6. The van der Waals surface area contributed by atoms with Gasteiger partial charge < -0.3 is 19.7 Å². The monoisotopic (exact) mass is 372 g/mol. The molecular weight excluding hydrogens is 356 g/mol. The molecule has 6 heteroatoms. The van der Waals surface area contributed by atoms with E-state index in [0.717, 1.165) is 5.56 Å². The number of phenols is 1. The van der Waals surface area contributed by atoms with Crippen molar-refractivity contribution in [2.75, 3.05) is 0 Å². The number of hydrogen-bond donors (Lipinski definition) is 2. The van der Waals surface area contributed by atoms with Crippen LogP contribution in [-0.2, 0) is 6.42 Å². The van der Waals surface area contributed by atoms with Crippen molar-refractivity contribution in [3.05, 3.63) is 57.8 Å². The molecule has 0 aromatic heterocycles. The quantitative estimate of drug-likeness (QED) is 0.785. The van der Waals surface area contributed by atoms with Crippen LogP contribution in [0.3, 0.4) is 0 Å². The fourth-order valence-electron chi connectivity index (χ4n) is 3.13. The molecule has 26 heavy (non-hydrogen) atoms. The number of Topliss-reactive ketones (excluding diaryl/α,β-unsaturated/α-hetero) is 1. The number of hydrogen-bond acceptors (Lipinski definition) is 5. The summed E-state index contributed by atoms with van der Waals surface area (Å²) >= 11 is 5.92. The van der Waals surface area contributed by atoms with E-state index in [1.165, 1.54) is 6.07 Å². The van der Waals surface area contributed by atoms with Gasteiger partial charge in [0.1, 0.15) is 23.4 Å². The van der Waals surface area contributed by atoms with Gasteiger partial charge in [-0.05, 0) is 49.8 Å². The summed E-state index contributed by atoms with van der Waals surface area (Å²) in [6.45, 7) is 3.38. The number of aliphatic hydroxyl groups is 1. The molecule has 1 atom stereocenters. The lowest BCUT2D eigenvalue weighted by Crippen LogP contribution is -2.39. The number of phenolic OH excluding ortho intramolecular Hbond substituents is 1. The van der Waals surface area contributed by atoms with Gasteiger partial charge in [-0.2, -0.15) is 0 Å². The van der Waals surface area contributed by atoms with Gasteiger partial charge in [0.25, 0.3) is 0 Å². The number of halogens is 1. The summed E-state index contributed by atoms with van der Waals surface area (Å²) in [6.07, 6.45) is 1.66. The Morgan fingerprint density at radius 3 is 2.73 bits per heavy atom. The van der Waals surface area contributed by atoms with Crippen molar-refractivity contribution >= 4 is 23.5 Å². The topological polar surface area (TPSA) is 76.0 Å². The molecule has 0 amide bonds.